The molecule has 0 spiro atoms. The summed E-state index contributed by atoms with van der Waals surface area (Å²) in [6.45, 7) is 8.24. The molecule has 7 nitrogen and oxygen atoms in total. The maximum absolute atomic E-state index is 13.0. The second kappa shape index (κ2) is 9.28. The summed E-state index contributed by atoms with van der Waals surface area (Å²) < 4.78 is 32.8. The number of carbonyl (C=O) groups is 1. The third-order valence-corrected chi connectivity index (χ3v) is 6.85. The van der Waals surface area contributed by atoms with E-state index in [0.717, 1.165) is 30.9 Å². The summed E-state index contributed by atoms with van der Waals surface area (Å²) in [6, 6.07) is 14.1. The molecule has 0 aliphatic carbocycles. The molecule has 31 heavy (non-hydrogen) atoms. The Bertz CT molecular complexity index is 997. The number of rotatable bonds is 5. The second-order valence-electron chi connectivity index (χ2n) is 8.71. The van der Waals surface area contributed by atoms with Crippen molar-refractivity contribution >= 4 is 21.6 Å². The Morgan fingerprint density at radius 1 is 0.935 bits per heavy atom. The number of ether oxygens (including phenoxy) is 1. The van der Waals surface area contributed by atoms with Crippen LogP contribution in [0.3, 0.4) is 0 Å². The van der Waals surface area contributed by atoms with Crippen LogP contribution >= 0.6 is 0 Å². The zero-order chi connectivity index (χ0) is 22.6. The molecule has 1 aliphatic rings. The second-order valence-corrected chi connectivity index (χ2v) is 10.4. The SMILES string of the molecule is COc1ccc(N2CCCN(C(=O)c3ccc(S(=O)(=O)NC(C)(C)C)cc3)CC2)cc1. The van der Waals surface area contributed by atoms with Crippen molar-refractivity contribution in [3.63, 3.8) is 0 Å². The van der Waals surface area contributed by atoms with Crippen molar-refractivity contribution in [3.8, 4) is 5.75 Å². The number of hydrogen-bond donors (Lipinski definition) is 1. The number of anilines is 1. The molecule has 1 heterocycles. The van der Waals surface area contributed by atoms with E-state index in [1.807, 2.05) is 29.2 Å². The first-order chi connectivity index (χ1) is 14.6. The van der Waals surface area contributed by atoms with E-state index in [4.69, 9.17) is 4.74 Å². The van der Waals surface area contributed by atoms with Crippen molar-refractivity contribution in [1.29, 1.82) is 0 Å². The Balaban J connectivity index is 1.66. The Hall–Kier alpha value is -2.58. The van der Waals surface area contributed by atoms with Gasteiger partial charge in [0.2, 0.25) is 10.0 Å². The van der Waals surface area contributed by atoms with E-state index >= 15 is 0 Å². The molecule has 1 fully saturated rings. The molecule has 1 aliphatic heterocycles. The lowest BCUT2D eigenvalue weighted by atomic mass is 10.1. The van der Waals surface area contributed by atoms with Crippen LogP contribution in [0.15, 0.2) is 53.4 Å². The fraction of sp³-hybridized carbons (Fsp3) is 0.435. The minimum atomic E-state index is -3.62. The van der Waals surface area contributed by atoms with E-state index in [-0.39, 0.29) is 10.8 Å². The van der Waals surface area contributed by atoms with Crippen LogP contribution in [-0.4, -0.2) is 58.1 Å². The molecule has 1 amide bonds. The summed E-state index contributed by atoms with van der Waals surface area (Å²) in [5, 5.41) is 0. The van der Waals surface area contributed by atoms with Crippen LogP contribution in [-0.2, 0) is 10.0 Å². The molecule has 0 unspecified atom stereocenters. The summed E-state index contributed by atoms with van der Waals surface area (Å²) in [7, 11) is -1.98. The summed E-state index contributed by atoms with van der Waals surface area (Å²) in [5.74, 6) is 0.739. The van der Waals surface area contributed by atoms with Gasteiger partial charge in [-0.1, -0.05) is 0 Å². The minimum absolute atomic E-state index is 0.0793. The summed E-state index contributed by atoms with van der Waals surface area (Å²) >= 11 is 0. The summed E-state index contributed by atoms with van der Waals surface area (Å²) in [4.78, 5) is 17.2. The van der Waals surface area contributed by atoms with Gasteiger partial charge in [0, 0.05) is 43.0 Å². The van der Waals surface area contributed by atoms with Gasteiger partial charge in [0.25, 0.3) is 5.91 Å². The maximum Gasteiger partial charge on any atom is 0.253 e. The first-order valence-corrected chi connectivity index (χ1v) is 11.9. The van der Waals surface area contributed by atoms with Gasteiger partial charge < -0.3 is 14.5 Å². The van der Waals surface area contributed by atoms with Crippen molar-refractivity contribution < 1.29 is 17.9 Å². The van der Waals surface area contributed by atoms with Gasteiger partial charge in [0.1, 0.15) is 5.75 Å². The number of carbonyl (C=O) groups excluding carboxylic acids is 1. The van der Waals surface area contributed by atoms with Crippen LogP contribution in [0.25, 0.3) is 0 Å². The van der Waals surface area contributed by atoms with E-state index in [0.29, 0.717) is 18.7 Å². The molecule has 0 saturated carbocycles. The topological polar surface area (TPSA) is 79.0 Å². The fourth-order valence-electron chi connectivity index (χ4n) is 3.59. The van der Waals surface area contributed by atoms with Crippen molar-refractivity contribution in [1.82, 2.24) is 9.62 Å². The van der Waals surface area contributed by atoms with Crippen LogP contribution in [0.1, 0.15) is 37.6 Å². The first-order valence-electron chi connectivity index (χ1n) is 10.4. The summed E-state index contributed by atoms with van der Waals surface area (Å²) in [5.41, 5.74) is 1.03. The number of benzene rings is 2. The number of methoxy groups -OCH3 is 1. The molecule has 0 radical (unpaired) electrons. The lowest BCUT2D eigenvalue weighted by Gasteiger charge is -2.24. The van der Waals surface area contributed by atoms with Crippen molar-refractivity contribution in [2.75, 3.05) is 38.2 Å². The molecule has 0 atom stereocenters. The molecule has 1 N–H and O–H groups in total. The molecular formula is C23H31N3O4S. The van der Waals surface area contributed by atoms with Crippen molar-refractivity contribution in [3.05, 3.63) is 54.1 Å². The largest absolute Gasteiger partial charge is 0.497 e. The normalized spacial score (nSPS) is 15.5. The van der Waals surface area contributed by atoms with Gasteiger partial charge in [-0.2, -0.15) is 0 Å². The van der Waals surface area contributed by atoms with Crippen LogP contribution < -0.4 is 14.4 Å². The van der Waals surface area contributed by atoms with E-state index in [2.05, 4.69) is 9.62 Å². The molecule has 168 valence electrons. The Kier molecular flexibility index (Phi) is 6.91. The van der Waals surface area contributed by atoms with Gasteiger partial charge in [0.15, 0.2) is 0 Å². The smallest absolute Gasteiger partial charge is 0.253 e. The van der Waals surface area contributed by atoms with Gasteiger partial charge >= 0.3 is 0 Å². The van der Waals surface area contributed by atoms with Crippen molar-refractivity contribution in [2.24, 2.45) is 0 Å². The lowest BCUT2D eigenvalue weighted by molar-refractivity contribution is 0.0767. The highest BCUT2D eigenvalue weighted by atomic mass is 32.2. The number of nitrogens with one attached hydrogen (secondary N) is 1. The predicted molar refractivity (Wildman–Crippen MR) is 122 cm³/mol. The molecule has 0 bridgehead atoms. The summed E-state index contributed by atoms with van der Waals surface area (Å²) in [6.07, 6.45) is 0.861. The highest BCUT2D eigenvalue weighted by molar-refractivity contribution is 7.89. The Morgan fingerprint density at radius 3 is 2.16 bits per heavy atom. The molecule has 2 aromatic rings. The number of amides is 1. The lowest BCUT2D eigenvalue weighted by Crippen LogP contribution is -2.40. The number of sulfonamides is 1. The molecule has 0 aromatic heterocycles. The third kappa shape index (κ3) is 5.98. The van der Waals surface area contributed by atoms with E-state index in [1.54, 1.807) is 40.0 Å². The monoisotopic (exact) mass is 445 g/mol. The van der Waals surface area contributed by atoms with E-state index < -0.39 is 15.6 Å². The molecular weight excluding hydrogens is 414 g/mol. The van der Waals surface area contributed by atoms with Gasteiger partial charge in [-0.3, -0.25) is 4.79 Å². The molecule has 3 rings (SSSR count). The van der Waals surface area contributed by atoms with E-state index in [1.165, 1.54) is 12.1 Å². The molecule has 2 aromatic carbocycles. The molecule has 8 heteroatoms. The average molecular weight is 446 g/mol. The quantitative estimate of drug-likeness (QED) is 0.765. The first kappa shape index (κ1) is 23.1. The van der Waals surface area contributed by atoms with Crippen LogP contribution in [0, 0.1) is 0 Å². The zero-order valence-corrected chi connectivity index (χ0v) is 19.4. The minimum Gasteiger partial charge on any atom is -0.497 e. The third-order valence-electron chi connectivity index (χ3n) is 5.07. The van der Waals surface area contributed by atoms with Crippen LogP contribution in [0.5, 0.6) is 5.75 Å². The van der Waals surface area contributed by atoms with Gasteiger partial charge in [-0.15, -0.1) is 0 Å². The number of hydrogen-bond acceptors (Lipinski definition) is 5. The highest BCUT2D eigenvalue weighted by Crippen LogP contribution is 2.21. The highest BCUT2D eigenvalue weighted by Gasteiger charge is 2.24. The standard InChI is InChI=1S/C23H31N3O4S/c1-23(2,3)24-31(28,29)21-12-6-18(7-13-21)22(27)26-15-5-14-25(16-17-26)19-8-10-20(30-4)11-9-19/h6-13,24H,5,14-17H2,1-4H3. The Labute approximate surface area is 185 Å². The van der Waals surface area contributed by atoms with Gasteiger partial charge in [-0.05, 0) is 75.7 Å². The zero-order valence-electron chi connectivity index (χ0n) is 18.6. The average Bonchev–Trinajstić information content (AvgIpc) is 2.98. The van der Waals surface area contributed by atoms with Gasteiger partial charge in [-0.25, -0.2) is 13.1 Å². The van der Waals surface area contributed by atoms with Crippen LogP contribution in [0.4, 0.5) is 5.69 Å². The van der Waals surface area contributed by atoms with Crippen molar-refractivity contribution in [2.45, 2.75) is 37.6 Å². The molecule has 1 saturated heterocycles. The Morgan fingerprint density at radius 2 is 1.58 bits per heavy atom. The van der Waals surface area contributed by atoms with E-state index in [9.17, 15) is 13.2 Å². The predicted octanol–water partition coefficient (Wildman–Crippen LogP) is 3.12. The number of nitrogens with zero attached hydrogens (tertiary/aromatic N) is 2. The van der Waals surface area contributed by atoms with Crippen LogP contribution in [0.2, 0.25) is 0 Å². The fourth-order valence-corrected chi connectivity index (χ4v) is 5.01. The maximum atomic E-state index is 13.0. The van der Waals surface area contributed by atoms with Gasteiger partial charge in [0.05, 0.1) is 12.0 Å².